The number of ketones is 1. The lowest BCUT2D eigenvalue weighted by Gasteiger charge is -2.42. The van der Waals surface area contributed by atoms with E-state index in [0.29, 0.717) is 0 Å². The summed E-state index contributed by atoms with van der Waals surface area (Å²) in [6.45, 7) is 7.53. The van der Waals surface area contributed by atoms with Gasteiger partial charge in [0.1, 0.15) is 5.78 Å². The van der Waals surface area contributed by atoms with Gasteiger partial charge in [-0.3, -0.25) is 4.79 Å². The molecule has 0 spiro atoms. The van der Waals surface area contributed by atoms with E-state index in [9.17, 15) is 15.0 Å². The summed E-state index contributed by atoms with van der Waals surface area (Å²) in [5, 5.41) is 19.4. The first-order valence-electron chi connectivity index (χ1n) is 6.42. The van der Waals surface area contributed by atoms with E-state index in [1.807, 2.05) is 27.7 Å². The van der Waals surface area contributed by atoms with Crippen LogP contribution in [0.3, 0.4) is 0 Å². The van der Waals surface area contributed by atoms with Gasteiger partial charge in [0.05, 0.1) is 12.0 Å². The minimum atomic E-state index is -1.08. The predicted molar refractivity (Wildman–Crippen MR) is 64.2 cm³/mol. The van der Waals surface area contributed by atoms with Crippen molar-refractivity contribution >= 4 is 5.78 Å². The fraction of sp³-hybridized carbons (Fsp3) is 0.923. The quantitative estimate of drug-likeness (QED) is 0.780. The zero-order valence-electron chi connectivity index (χ0n) is 11.1. The number of hydrogen-bond donors (Lipinski definition) is 2. The molecule has 1 aliphatic rings. The molecule has 0 unspecified atom stereocenters. The second-order valence-corrected chi connectivity index (χ2v) is 5.17. The Kier molecular flexibility index (Phi) is 5.10. The molecule has 100 valence electrons. The Morgan fingerprint density at radius 3 is 2.47 bits per heavy atom. The molecule has 6 atom stereocenters. The molecule has 0 bridgehead atoms. The molecule has 0 amide bonds. The second kappa shape index (κ2) is 5.94. The van der Waals surface area contributed by atoms with Crippen LogP contribution in [0.4, 0.5) is 0 Å². The third-order valence-electron chi connectivity index (χ3n) is 4.18. The molecular formula is C13H24O4. The standard InChI is InChI=1S/C13H24O4/c1-5-7(2)12(15)11-10(6-14)8(3)9(4)17-13(11)16/h7-11,13-14,16H,5-6H2,1-4H3/t7-,8+,9-,10+,11+,13-/m0/s1. The fourth-order valence-corrected chi connectivity index (χ4v) is 2.48. The van der Waals surface area contributed by atoms with E-state index in [4.69, 9.17) is 4.74 Å². The van der Waals surface area contributed by atoms with Gasteiger partial charge in [-0.1, -0.05) is 20.8 Å². The maximum Gasteiger partial charge on any atom is 0.165 e. The zero-order valence-corrected chi connectivity index (χ0v) is 11.1. The first-order valence-corrected chi connectivity index (χ1v) is 6.42. The average molecular weight is 244 g/mol. The monoisotopic (exact) mass is 244 g/mol. The van der Waals surface area contributed by atoms with Gasteiger partial charge < -0.3 is 14.9 Å². The summed E-state index contributed by atoms with van der Waals surface area (Å²) < 4.78 is 5.38. The highest BCUT2D eigenvalue weighted by Gasteiger charge is 2.45. The van der Waals surface area contributed by atoms with E-state index < -0.39 is 12.2 Å². The van der Waals surface area contributed by atoms with Crippen LogP contribution in [0.5, 0.6) is 0 Å². The summed E-state index contributed by atoms with van der Waals surface area (Å²) in [6.07, 6.45) is -0.479. The van der Waals surface area contributed by atoms with E-state index >= 15 is 0 Å². The number of carbonyl (C=O) groups excluding carboxylic acids is 1. The first-order chi connectivity index (χ1) is 7.93. The van der Waals surface area contributed by atoms with Gasteiger partial charge in [-0.25, -0.2) is 0 Å². The topological polar surface area (TPSA) is 66.8 Å². The Morgan fingerprint density at radius 1 is 1.41 bits per heavy atom. The highest BCUT2D eigenvalue weighted by Crippen LogP contribution is 2.36. The van der Waals surface area contributed by atoms with Crippen LogP contribution in [-0.2, 0) is 9.53 Å². The third kappa shape index (κ3) is 2.87. The second-order valence-electron chi connectivity index (χ2n) is 5.17. The van der Waals surface area contributed by atoms with Crippen molar-refractivity contribution in [3.63, 3.8) is 0 Å². The van der Waals surface area contributed by atoms with Gasteiger partial charge in [0.15, 0.2) is 6.29 Å². The highest BCUT2D eigenvalue weighted by atomic mass is 16.6. The molecule has 1 heterocycles. The maximum atomic E-state index is 12.2. The Hall–Kier alpha value is -0.450. The Bertz CT molecular complexity index is 266. The van der Waals surface area contributed by atoms with E-state index in [2.05, 4.69) is 0 Å². The molecule has 1 fully saturated rings. The van der Waals surface area contributed by atoms with Crippen LogP contribution in [0.15, 0.2) is 0 Å². The number of rotatable bonds is 4. The van der Waals surface area contributed by atoms with Crippen molar-refractivity contribution in [3.05, 3.63) is 0 Å². The molecule has 0 aliphatic carbocycles. The number of aliphatic hydroxyl groups is 2. The van der Waals surface area contributed by atoms with Gasteiger partial charge in [0.25, 0.3) is 0 Å². The SMILES string of the molecule is CC[C@H](C)C(=O)[C@H]1[C@H](CO)[C@H](C)[C@H](C)O[C@@H]1O. The van der Waals surface area contributed by atoms with Crippen LogP contribution in [0.2, 0.25) is 0 Å². The maximum absolute atomic E-state index is 12.2. The number of aliphatic hydroxyl groups excluding tert-OH is 2. The first kappa shape index (κ1) is 14.6. The summed E-state index contributed by atoms with van der Waals surface area (Å²) in [7, 11) is 0. The van der Waals surface area contributed by atoms with Gasteiger partial charge >= 0.3 is 0 Å². The Morgan fingerprint density at radius 2 is 2.00 bits per heavy atom. The molecular weight excluding hydrogens is 220 g/mol. The van der Waals surface area contributed by atoms with Crippen LogP contribution in [-0.4, -0.2) is 35.0 Å². The molecule has 4 nitrogen and oxygen atoms in total. The molecule has 1 saturated heterocycles. The molecule has 0 aromatic rings. The minimum Gasteiger partial charge on any atom is -0.396 e. The summed E-state index contributed by atoms with van der Waals surface area (Å²) in [5.74, 6) is -0.844. The molecule has 0 aromatic heterocycles. The summed E-state index contributed by atoms with van der Waals surface area (Å²) >= 11 is 0. The normalized spacial score (nSPS) is 40.0. The Balaban J connectivity index is 2.90. The van der Waals surface area contributed by atoms with Crippen molar-refractivity contribution in [1.29, 1.82) is 0 Å². The molecule has 0 saturated carbocycles. The van der Waals surface area contributed by atoms with E-state index in [0.717, 1.165) is 6.42 Å². The van der Waals surface area contributed by atoms with Crippen molar-refractivity contribution in [2.24, 2.45) is 23.7 Å². The molecule has 1 aliphatic heterocycles. The van der Waals surface area contributed by atoms with Gasteiger partial charge in [0, 0.05) is 18.4 Å². The summed E-state index contributed by atoms with van der Waals surface area (Å²) in [5.41, 5.74) is 0. The van der Waals surface area contributed by atoms with Crippen molar-refractivity contribution in [2.45, 2.75) is 46.5 Å². The van der Waals surface area contributed by atoms with E-state index in [-0.39, 0.29) is 36.2 Å². The van der Waals surface area contributed by atoms with Crippen molar-refractivity contribution in [3.8, 4) is 0 Å². The lowest BCUT2D eigenvalue weighted by Crippen LogP contribution is -2.51. The van der Waals surface area contributed by atoms with E-state index in [1.165, 1.54) is 0 Å². The number of ether oxygens (including phenoxy) is 1. The average Bonchev–Trinajstić information content (AvgIpc) is 2.31. The lowest BCUT2D eigenvalue weighted by atomic mass is 9.73. The largest absolute Gasteiger partial charge is 0.396 e. The van der Waals surface area contributed by atoms with Crippen LogP contribution >= 0.6 is 0 Å². The van der Waals surface area contributed by atoms with Crippen LogP contribution in [0.25, 0.3) is 0 Å². The van der Waals surface area contributed by atoms with Gasteiger partial charge in [-0.2, -0.15) is 0 Å². The number of carbonyl (C=O) groups is 1. The van der Waals surface area contributed by atoms with Gasteiger partial charge in [-0.15, -0.1) is 0 Å². The Labute approximate surface area is 103 Å². The molecule has 1 rings (SSSR count). The van der Waals surface area contributed by atoms with Crippen molar-refractivity contribution in [2.75, 3.05) is 6.61 Å². The number of Topliss-reactive ketones (excluding diaryl/α,β-unsaturated/α-hetero) is 1. The minimum absolute atomic E-state index is 0.00204. The predicted octanol–water partition coefficient (Wildman–Crippen LogP) is 1.20. The lowest BCUT2D eigenvalue weighted by molar-refractivity contribution is -0.228. The molecule has 17 heavy (non-hydrogen) atoms. The van der Waals surface area contributed by atoms with Crippen LogP contribution < -0.4 is 0 Å². The van der Waals surface area contributed by atoms with Gasteiger partial charge in [0.2, 0.25) is 0 Å². The molecule has 0 aromatic carbocycles. The third-order valence-corrected chi connectivity index (χ3v) is 4.18. The van der Waals surface area contributed by atoms with E-state index in [1.54, 1.807) is 0 Å². The highest BCUT2D eigenvalue weighted by molar-refractivity contribution is 5.83. The summed E-state index contributed by atoms with van der Waals surface area (Å²) in [4.78, 5) is 12.2. The van der Waals surface area contributed by atoms with Crippen molar-refractivity contribution < 1.29 is 19.7 Å². The van der Waals surface area contributed by atoms with Crippen LogP contribution in [0.1, 0.15) is 34.1 Å². The molecule has 0 radical (unpaired) electrons. The van der Waals surface area contributed by atoms with Gasteiger partial charge in [-0.05, 0) is 19.3 Å². The molecule has 2 N–H and O–H groups in total. The smallest absolute Gasteiger partial charge is 0.165 e. The zero-order chi connectivity index (χ0) is 13.2. The summed E-state index contributed by atoms with van der Waals surface area (Å²) in [6, 6.07) is 0. The van der Waals surface area contributed by atoms with Crippen molar-refractivity contribution in [1.82, 2.24) is 0 Å². The molecule has 4 heteroatoms. The fourth-order valence-electron chi connectivity index (χ4n) is 2.48. The number of hydrogen-bond acceptors (Lipinski definition) is 4. The van der Waals surface area contributed by atoms with Crippen LogP contribution in [0, 0.1) is 23.7 Å².